The van der Waals surface area contributed by atoms with Crippen LogP contribution in [0.2, 0.25) is 0 Å². The molecule has 2 aromatic carbocycles. The molecule has 0 fully saturated rings. The summed E-state index contributed by atoms with van der Waals surface area (Å²) in [4.78, 5) is 40.7. The Morgan fingerprint density at radius 3 is 2.31 bits per heavy atom. The van der Waals surface area contributed by atoms with E-state index in [1.165, 1.54) is 0 Å². The van der Waals surface area contributed by atoms with Crippen molar-refractivity contribution in [3.05, 3.63) is 65.7 Å². The monoisotopic (exact) mass is 580 g/mol. The van der Waals surface area contributed by atoms with E-state index in [2.05, 4.69) is 21.3 Å². The van der Waals surface area contributed by atoms with E-state index in [9.17, 15) is 14.4 Å². The van der Waals surface area contributed by atoms with Gasteiger partial charge < -0.3 is 30.7 Å². The summed E-state index contributed by atoms with van der Waals surface area (Å²) in [6.07, 6.45) is 2.52. The predicted octanol–water partition coefficient (Wildman–Crippen LogP) is 3.16. The van der Waals surface area contributed by atoms with E-state index in [1.807, 2.05) is 89.2 Å². The SMILES string of the molecule is CC[C@H](C)[C@@H]1NCCOc2ccccc2CCCNC(=O)[C@@H](Cc2ccccc2)NC(=O)[C@@H](COC(C)(C)C)NC1=O. The van der Waals surface area contributed by atoms with Gasteiger partial charge >= 0.3 is 0 Å². The summed E-state index contributed by atoms with van der Waals surface area (Å²) >= 11 is 0. The number of nitrogens with one attached hydrogen (secondary N) is 4. The van der Waals surface area contributed by atoms with Gasteiger partial charge in [0.05, 0.1) is 18.2 Å². The molecule has 3 rings (SSSR count). The summed E-state index contributed by atoms with van der Waals surface area (Å²) in [7, 11) is 0. The summed E-state index contributed by atoms with van der Waals surface area (Å²) in [6.45, 7) is 10.9. The van der Waals surface area contributed by atoms with E-state index < -0.39 is 29.6 Å². The van der Waals surface area contributed by atoms with Crippen LogP contribution in [0.5, 0.6) is 5.75 Å². The standard InChI is InChI=1S/C33H48N4O5/c1-6-23(2)29-32(40)37-27(22-42-33(3,4)5)31(39)36-26(21-24-13-8-7-9-14-24)30(38)35-18-12-16-25-15-10-11-17-28(25)41-20-19-34-29/h7-11,13-15,17,23,26-27,29,34H,6,12,16,18-22H2,1-5H3,(H,35,38)(H,36,39)(H,37,40)/t23-,26+,27+,29-/m0/s1. The van der Waals surface area contributed by atoms with Crippen LogP contribution in [0, 0.1) is 5.92 Å². The molecule has 0 unspecified atom stereocenters. The third kappa shape index (κ3) is 10.8. The number of ether oxygens (including phenoxy) is 2. The Hall–Kier alpha value is -3.43. The highest BCUT2D eigenvalue weighted by Crippen LogP contribution is 2.19. The lowest BCUT2D eigenvalue weighted by atomic mass is 9.98. The Kier molecular flexibility index (Phi) is 12.8. The van der Waals surface area contributed by atoms with Gasteiger partial charge in [-0.25, -0.2) is 0 Å². The molecule has 3 amide bonds. The molecule has 9 heteroatoms. The Bertz CT molecular complexity index is 1150. The van der Waals surface area contributed by atoms with Crippen LogP contribution in [0.15, 0.2) is 54.6 Å². The summed E-state index contributed by atoms with van der Waals surface area (Å²) in [5.41, 5.74) is 1.44. The molecule has 230 valence electrons. The number of carbonyl (C=O) groups is 3. The number of fused-ring (bicyclic) bond motifs is 1. The summed E-state index contributed by atoms with van der Waals surface area (Å²) < 4.78 is 12.0. The molecule has 1 aliphatic heterocycles. The van der Waals surface area contributed by atoms with Crippen molar-refractivity contribution in [2.75, 3.05) is 26.3 Å². The van der Waals surface area contributed by atoms with Gasteiger partial charge in [-0.2, -0.15) is 0 Å². The van der Waals surface area contributed by atoms with Gasteiger partial charge in [0.2, 0.25) is 17.7 Å². The summed E-state index contributed by atoms with van der Waals surface area (Å²) in [5, 5.41) is 12.2. The van der Waals surface area contributed by atoms with E-state index in [-0.39, 0.29) is 24.3 Å². The molecule has 0 saturated heterocycles. The smallest absolute Gasteiger partial charge is 0.245 e. The maximum Gasteiger partial charge on any atom is 0.245 e. The number of hydrogen-bond donors (Lipinski definition) is 4. The van der Waals surface area contributed by atoms with Crippen molar-refractivity contribution >= 4 is 17.7 Å². The average molecular weight is 581 g/mol. The molecule has 0 bridgehead atoms. The number of carbonyl (C=O) groups excluding carboxylic acids is 3. The fraction of sp³-hybridized carbons (Fsp3) is 0.545. The molecule has 0 spiro atoms. The molecular formula is C33H48N4O5. The molecule has 1 heterocycles. The molecule has 42 heavy (non-hydrogen) atoms. The third-order valence-electron chi connectivity index (χ3n) is 7.35. The second-order valence-corrected chi connectivity index (χ2v) is 11.9. The maximum atomic E-state index is 13.7. The van der Waals surface area contributed by atoms with Crippen molar-refractivity contribution in [3.63, 3.8) is 0 Å². The van der Waals surface area contributed by atoms with Crippen molar-refractivity contribution < 1.29 is 23.9 Å². The van der Waals surface area contributed by atoms with Crippen molar-refractivity contribution in [1.29, 1.82) is 0 Å². The molecule has 0 radical (unpaired) electrons. The van der Waals surface area contributed by atoms with E-state index in [4.69, 9.17) is 9.47 Å². The van der Waals surface area contributed by atoms with Crippen molar-refractivity contribution in [2.45, 2.75) is 84.0 Å². The molecule has 2 aromatic rings. The van der Waals surface area contributed by atoms with Gasteiger partial charge in [-0.05, 0) is 56.7 Å². The largest absolute Gasteiger partial charge is 0.492 e. The van der Waals surface area contributed by atoms with Crippen LogP contribution in [-0.2, 0) is 32.0 Å². The van der Waals surface area contributed by atoms with E-state index >= 15 is 0 Å². The third-order valence-corrected chi connectivity index (χ3v) is 7.35. The first-order chi connectivity index (χ1) is 20.1. The Morgan fingerprint density at radius 2 is 1.60 bits per heavy atom. The fourth-order valence-corrected chi connectivity index (χ4v) is 4.74. The zero-order chi connectivity index (χ0) is 30.5. The molecule has 9 nitrogen and oxygen atoms in total. The molecule has 0 aliphatic carbocycles. The number of benzene rings is 2. The fourth-order valence-electron chi connectivity index (χ4n) is 4.74. The molecule has 1 aliphatic rings. The van der Waals surface area contributed by atoms with Crippen LogP contribution >= 0.6 is 0 Å². The van der Waals surface area contributed by atoms with Crippen LogP contribution < -0.4 is 26.0 Å². The highest BCUT2D eigenvalue weighted by molar-refractivity contribution is 5.93. The highest BCUT2D eigenvalue weighted by Gasteiger charge is 2.32. The van der Waals surface area contributed by atoms with Gasteiger partial charge in [-0.15, -0.1) is 0 Å². The molecule has 0 saturated carbocycles. The molecule has 4 atom stereocenters. The molecule has 4 N–H and O–H groups in total. The second kappa shape index (κ2) is 16.3. The lowest BCUT2D eigenvalue weighted by Gasteiger charge is -2.29. The second-order valence-electron chi connectivity index (χ2n) is 11.9. The Labute approximate surface area is 250 Å². The first-order valence-electron chi connectivity index (χ1n) is 15.1. The molecule has 0 aromatic heterocycles. The number of hydrogen-bond acceptors (Lipinski definition) is 6. The lowest BCUT2D eigenvalue weighted by Crippen LogP contribution is -2.59. The average Bonchev–Trinajstić information content (AvgIpc) is 2.96. The quantitative estimate of drug-likeness (QED) is 0.417. The maximum absolute atomic E-state index is 13.7. The van der Waals surface area contributed by atoms with Gasteiger partial charge in [0.1, 0.15) is 24.4 Å². The van der Waals surface area contributed by atoms with E-state index in [0.29, 0.717) is 32.5 Å². The number of aryl methyl sites for hydroxylation is 1. The summed E-state index contributed by atoms with van der Waals surface area (Å²) in [5.74, 6) is -0.243. The van der Waals surface area contributed by atoms with Gasteiger partial charge in [0, 0.05) is 19.5 Å². The van der Waals surface area contributed by atoms with Gasteiger partial charge in [0.25, 0.3) is 0 Å². The van der Waals surface area contributed by atoms with Crippen molar-refractivity contribution in [1.82, 2.24) is 21.3 Å². The van der Waals surface area contributed by atoms with Crippen LogP contribution in [0.25, 0.3) is 0 Å². The van der Waals surface area contributed by atoms with Gasteiger partial charge in [-0.1, -0.05) is 68.8 Å². The first kappa shape index (κ1) is 33.1. The van der Waals surface area contributed by atoms with Crippen molar-refractivity contribution in [2.24, 2.45) is 5.92 Å². The van der Waals surface area contributed by atoms with Crippen LogP contribution in [0.1, 0.15) is 58.6 Å². The highest BCUT2D eigenvalue weighted by atomic mass is 16.5. The normalized spacial score (nSPS) is 22.3. The van der Waals surface area contributed by atoms with Crippen LogP contribution in [0.4, 0.5) is 0 Å². The minimum atomic E-state index is -0.988. The summed E-state index contributed by atoms with van der Waals surface area (Å²) in [6, 6.07) is 15.1. The topological polar surface area (TPSA) is 118 Å². The van der Waals surface area contributed by atoms with Gasteiger partial charge in [0.15, 0.2) is 0 Å². The Balaban J connectivity index is 1.89. The van der Waals surface area contributed by atoms with E-state index in [1.54, 1.807) is 0 Å². The zero-order valence-corrected chi connectivity index (χ0v) is 25.7. The predicted molar refractivity (Wildman–Crippen MR) is 164 cm³/mol. The zero-order valence-electron chi connectivity index (χ0n) is 25.7. The van der Waals surface area contributed by atoms with Gasteiger partial charge in [-0.3, -0.25) is 14.4 Å². The van der Waals surface area contributed by atoms with E-state index in [0.717, 1.165) is 29.7 Å². The lowest BCUT2D eigenvalue weighted by molar-refractivity contribution is -0.135. The molecular weight excluding hydrogens is 532 g/mol. The number of rotatable bonds is 6. The first-order valence-corrected chi connectivity index (χ1v) is 15.1. The minimum Gasteiger partial charge on any atom is -0.492 e. The number of amides is 3. The van der Waals surface area contributed by atoms with Crippen LogP contribution in [-0.4, -0.2) is 67.8 Å². The van der Waals surface area contributed by atoms with Crippen molar-refractivity contribution in [3.8, 4) is 5.75 Å². The number of para-hydroxylation sites is 1. The Morgan fingerprint density at radius 1 is 0.905 bits per heavy atom. The van der Waals surface area contributed by atoms with Crippen LogP contribution in [0.3, 0.4) is 0 Å². The minimum absolute atomic E-state index is 0.00624.